The fourth-order valence-corrected chi connectivity index (χ4v) is 7.17. The topological polar surface area (TPSA) is 149 Å². The average Bonchev–Trinajstić information content (AvgIpc) is 3.41. The van der Waals surface area contributed by atoms with Crippen molar-refractivity contribution >= 4 is 55.3 Å². The van der Waals surface area contributed by atoms with Crippen LogP contribution < -0.4 is 19.9 Å². The number of rotatable bonds is 10. The third-order valence-electron chi connectivity index (χ3n) is 8.49. The van der Waals surface area contributed by atoms with Crippen LogP contribution in [-0.4, -0.2) is 52.3 Å². The van der Waals surface area contributed by atoms with Gasteiger partial charge in [-0.15, -0.1) is 0 Å². The Bertz CT molecular complexity index is 2540. The minimum atomic E-state index is -4.01. The van der Waals surface area contributed by atoms with Crippen LogP contribution in [0.1, 0.15) is 28.6 Å². The highest BCUT2D eigenvalue weighted by Gasteiger charge is 2.30. The summed E-state index contributed by atoms with van der Waals surface area (Å²) in [6, 6.07) is 13.1. The van der Waals surface area contributed by atoms with Crippen molar-refractivity contribution in [2.75, 3.05) is 17.7 Å². The molecule has 1 atom stereocenters. The van der Waals surface area contributed by atoms with E-state index in [2.05, 4.69) is 15.4 Å². The first kappa shape index (κ1) is 36.2. The lowest BCUT2D eigenvalue weighted by Crippen LogP contribution is -2.35. The number of nitrogens with one attached hydrogen (secondary N) is 1. The number of amides is 1. The lowest BCUT2D eigenvalue weighted by Gasteiger charge is -2.23. The molecule has 0 aliphatic carbocycles. The van der Waals surface area contributed by atoms with Gasteiger partial charge in [0.2, 0.25) is 10.0 Å². The highest BCUT2D eigenvalue weighted by molar-refractivity contribution is 7.92. The van der Waals surface area contributed by atoms with Crippen molar-refractivity contribution in [3.8, 4) is 11.4 Å². The van der Waals surface area contributed by atoms with E-state index in [4.69, 9.17) is 16.3 Å². The summed E-state index contributed by atoms with van der Waals surface area (Å²) in [6.07, 6.45) is -0.932. The molecule has 2 heterocycles. The van der Waals surface area contributed by atoms with Gasteiger partial charge in [0.25, 0.3) is 5.56 Å². The maximum atomic E-state index is 14.8. The van der Waals surface area contributed by atoms with Crippen molar-refractivity contribution in [3.63, 3.8) is 0 Å². The summed E-state index contributed by atoms with van der Waals surface area (Å²) in [5, 5.41) is 16.9. The number of halogens is 4. The molecule has 270 valence electrons. The van der Waals surface area contributed by atoms with Crippen molar-refractivity contribution in [3.05, 3.63) is 122 Å². The van der Waals surface area contributed by atoms with E-state index in [9.17, 15) is 36.3 Å². The molecule has 2 N–H and O–H groups in total. The van der Waals surface area contributed by atoms with E-state index in [1.165, 1.54) is 44.0 Å². The van der Waals surface area contributed by atoms with Crippen molar-refractivity contribution < 1.29 is 36.2 Å². The number of hydrogen-bond donors (Lipinski definition) is 2. The van der Waals surface area contributed by atoms with Crippen molar-refractivity contribution in [1.82, 2.24) is 24.6 Å². The third-order valence-corrected chi connectivity index (χ3v) is 9.90. The highest BCUT2D eigenvalue weighted by atomic mass is 35.5. The van der Waals surface area contributed by atoms with E-state index in [1.54, 1.807) is 24.3 Å². The first-order valence-corrected chi connectivity index (χ1v) is 17.7. The Morgan fingerprint density at radius 1 is 1.04 bits per heavy atom. The van der Waals surface area contributed by atoms with E-state index >= 15 is 0 Å². The quantitative estimate of drug-likeness (QED) is 0.169. The standard InChI is InChI=1S/C35H30ClF3N6O6S/c1-18-26(39)11-9-24-30(18)41-32(27(40-35(47)48)15-20-13-21(37)16-22(38)14-20)45(34(24)46)28-12-10-25(36)29-31(28)43(2)42-33(29)44(52(4,49)50)17-19-5-7-23(51-3)8-6-19/h5-14,16,27,40H,15,17H2,1-4H3,(H,47,48)/t27-/m0/s1. The van der Waals surface area contributed by atoms with Gasteiger partial charge in [-0.3, -0.25) is 14.0 Å². The molecule has 1 amide bonds. The van der Waals surface area contributed by atoms with Crippen LogP contribution in [0.25, 0.3) is 27.5 Å². The molecule has 0 unspecified atom stereocenters. The van der Waals surface area contributed by atoms with Gasteiger partial charge in [0.05, 0.1) is 58.5 Å². The van der Waals surface area contributed by atoms with E-state index in [0.29, 0.717) is 17.4 Å². The minimum absolute atomic E-state index is 0.000254. The van der Waals surface area contributed by atoms with E-state index < -0.39 is 45.2 Å². The van der Waals surface area contributed by atoms with Crippen LogP contribution in [0.3, 0.4) is 0 Å². The second kappa shape index (κ2) is 13.8. The van der Waals surface area contributed by atoms with E-state index in [-0.39, 0.29) is 68.3 Å². The molecule has 6 rings (SSSR count). The molecule has 0 aliphatic rings. The van der Waals surface area contributed by atoms with Gasteiger partial charge in [-0.1, -0.05) is 23.7 Å². The Morgan fingerprint density at radius 2 is 1.71 bits per heavy atom. The molecule has 0 radical (unpaired) electrons. The van der Waals surface area contributed by atoms with Gasteiger partial charge in [0.15, 0.2) is 5.82 Å². The number of anilines is 1. The largest absolute Gasteiger partial charge is 0.497 e. The molecule has 0 spiro atoms. The summed E-state index contributed by atoms with van der Waals surface area (Å²) in [6.45, 7) is 1.24. The Balaban J connectivity index is 1.65. The zero-order valence-electron chi connectivity index (χ0n) is 28.0. The van der Waals surface area contributed by atoms with Crippen LogP contribution in [0.4, 0.5) is 23.8 Å². The summed E-state index contributed by atoms with van der Waals surface area (Å²) >= 11 is 6.76. The van der Waals surface area contributed by atoms with Crippen molar-refractivity contribution in [1.29, 1.82) is 0 Å². The maximum Gasteiger partial charge on any atom is 0.405 e. The minimum Gasteiger partial charge on any atom is -0.497 e. The fraction of sp³-hybridized carbons (Fsp3) is 0.200. The van der Waals surface area contributed by atoms with Crippen LogP contribution in [0.5, 0.6) is 5.75 Å². The number of aryl methyl sites for hydroxylation is 2. The second-order valence-corrected chi connectivity index (χ2v) is 14.3. The number of aromatic nitrogens is 4. The normalized spacial score (nSPS) is 12.3. The molecule has 4 aromatic carbocycles. The van der Waals surface area contributed by atoms with Crippen LogP contribution >= 0.6 is 11.6 Å². The first-order chi connectivity index (χ1) is 24.6. The average molecular weight is 755 g/mol. The Morgan fingerprint density at radius 3 is 2.33 bits per heavy atom. The summed E-state index contributed by atoms with van der Waals surface area (Å²) in [5.41, 5.74) is -0.00119. The Labute approximate surface area is 299 Å². The molecule has 52 heavy (non-hydrogen) atoms. The van der Waals surface area contributed by atoms with Gasteiger partial charge in [-0.25, -0.2) is 35.7 Å². The van der Waals surface area contributed by atoms with Crippen LogP contribution in [0.2, 0.25) is 5.02 Å². The van der Waals surface area contributed by atoms with Gasteiger partial charge >= 0.3 is 6.09 Å². The molecular formula is C35H30ClF3N6O6S. The lowest BCUT2D eigenvalue weighted by atomic mass is 10.0. The predicted octanol–water partition coefficient (Wildman–Crippen LogP) is 6.18. The first-order valence-electron chi connectivity index (χ1n) is 15.5. The summed E-state index contributed by atoms with van der Waals surface area (Å²) in [7, 11) is -1.01. The number of carboxylic acid groups (broad SMARTS) is 1. The molecule has 0 saturated heterocycles. The molecule has 0 fully saturated rings. The molecule has 12 nitrogen and oxygen atoms in total. The van der Waals surface area contributed by atoms with Crippen LogP contribution in [0, 0.1) is 24.4 Å². The molecule has 17 heteroatoms. The van der Waals surface area contributed by atoms with Gasteiger partial charge in [0.1, 0.15) is 29.0 Å². The molecule has 2 aromatic heterocycles. The number of carbonyl (C=O) groups is 1. The predicted molar refractivity (Wildman–Crippen MR) is 189 cm³/mol. The second-order valence-electron chi connectivity index (χ2n) is 12.0. The van der Waals surface area contributed by atoms with E-state index in [1.807, 2.05) is 0 Å². The summed E-state index contributed by atoms with van der Waals surface area (Å²) in [5.74, 6) is -2.29. The van der Waals surface area contributed by atoms with Crippen LogP contribution in [0.15, 0.2) is 71.5 Å². The number of hydrogen-bond acceptors (Lipinski definition) is 7. The molecule has 0 aliphatic heterocycles. The SMILES string of the molecule is COc1ccc(CN(c2nn(C)c3c(-n4c([C@H](Cc5cc(F)cc(F)c5)NC(=O)O)nc5c(C)c(F)ccc5c4=O)ccc(Cl)c23)S(C)(=O)=O)cc1. The van der Waals surface area contributed by atoms with E-state index in [0.717, 1.165) is 33.3 Å². The Hall–Kier alpha value is -5.61. The zero-order chi connectivity index (χ0) is 37.6. The maximum absolute atomic E-state index is 14.8. The number of benzene rings is 4. The zero-order valence-corrected chi connectivity index (χ0v) is 29.6. The van der Waals surface area contributed by atoms with Crippen molar-refractivity contribution in [2.45, 2.75) is 25.9 Å². The monoisotopic (exact) mass is 754 g/mol. The molecule has 6 aromatic rings. The van der Waals surface area contributed by atoms with Crippen LogP contribution in [-0.2, 0) is 30.0 Å². The van der Waals surface area contributed by atoms with Gasteiger partial charge in [0, 0.05) is 25.1 Å². The van der Waals surface area contributed by atoms with Gasteiger partial charge in [-0.2, -0.15) is 5.10 Å². The number of fused-ring (bicyclic) bond motifs is 2. The molecular weight excluding hydrogens is 725 g/mol. The van der Waals surface area contributed by atoms with Gasteiger partial charge in [-0.05, 0) is 66.6 Å². The lowest BCUT2D eigenvalue weighted by molar-refractivity contribution is 0.189. The summed E-state index contributed by atoms with van der Waals surface area (Å²) < 4.78 is 78.6. The number of methoxy groups -OCH3 is 1. The number of sulfonamides is 1. The van der Waals surface area contributed by atoms with Crippen molar-refractivity contribution in [2.24, 2.45) is 7.05 Å². The highest BCUT2D eigenvalue weighted by Crippen LogP contribution is 2.38. The molecule has 0 bridgehead atoms. The Kier molecular flexibility index (Phi) is 9.63. The third kappa shape index (κ3) is 6.86. The summed E-state index contributed by atoms with van der Waals surface area (Å²) in [4.78, 5) is 31.3. The molecule has 0 saturated carbocycles. The number of nitrogens with zero attached hydrogens (tertiary/aromatic N) is 5. The number of ether oxygens (including phenoxy) is 1. The van der Waals surface area contributed by atoms with Gasteiger partial charge < -0.3 is 15.2 Å². The smallest absolute Gasteiger partial charge is 0.405 e. The fourth-order valence-electron chi connectivity index (χ4n) is 6.11.